The van der Waals surface area contributed by atoms with Crippen LogP contribution in [0.3, 0.4) is 0 Å². The van der Waals surface area contributed by atoms with Crippen molar-refractivity contribution >= 4 is 11.6 Å². The van der Waals surface area contributed by atoms with Crippen molar-refractivity contribution in [2.75, 3.05) is 6.61 Å². The fourth-order valence-electron chi connectivity index (χ4n) is 1.32. The zero-order valence-corrected chi connectivity index (χ0v) is 9.94. The van der Waals surface area contributed by atoms with Crippen molar-refractivity contribution in [3.8, 4) is 0 Å². The minimum absolute atomic E-state index is 0.0921. The number of hydrogen-bond donors (Lipinski definition) is 0. The smallest absolute Gasteiger partial charge is 0.295 e. The first-order valence-corrected chi connectivity index (χ1v) is 5.75. The number of nitrogens with one attached hydrogen (secondary N) is 1. The second kappa shape index (κ2) is 7.49. The molecule has 1 rings (SSSR count). The molecule has 0 aliphatic carbocycles. The van der Waals surface area contributed by atoms with Crippen molar-refractivity contribution in [3.63, 3.8) is 0 Å². The molecule has 17 heavy (non-hydrogen) atoms. The summed E-state index contributed by atoms with van der Waals surface area (Å²) in [5.74, 6) is -0.646. The Balaban J connectivity index is 2.41. The molecule has 1 aromatic rings. The third-order valence-corrected chi connectivity index (χ3v) is 2.21. The molecule has 1 N–H and O–H groups in total. The first-order chi connectivity index (χ1) is 8.25. The van der Waals surface area contributed by atoms with Gasteiger partial charge < -0.3 is 9.25 Å². The third kappa shape index (κ3) is 4.72. The molecule has 1 radical (unpaired) electrons. The van der Waals surface area contributed by atoms with Crippen LogP contribution in [0.1, 0.15) is 38.4 Å². The molecule has 0 aromatic carbocycles. The summed E-state index contributed by atoms with van der Waals surface area (Å²) in [4.78, 5) is 16.0. The van der Waals surface area contributed by atoms with Gasteiger partial charge in [0.05, 0.1) is 6.26 Å². The summed E-state index contributed by atoms with van der Waals surface area (Å²) in [5.41, 5.74) is 6.96. The van der Waals surface area contributed by atoms with Gasteiger partial charge in [-0.15, -0.1) is 0 Å². The van der Waals surface area contributed by atoms with Gasteiger partial charge in [-0.3, -0.25) is 10.5 Å². The van der Waals surface area contributed by atoms with Crippen molar-refractivity contribution in [1.29, 1.82) is 0 Å². The van der Waals surface area contributed by atoms with E-state index in [1.54, 1.807) is 12.1 Å². The van der Waals surface area contributed by atoms with E-state index in [0.717, 1.165) is 25.7 Å². The first kappa shape index (κ1) is 13.3. The average molecular weight is 237 g/mol. The molecule has 0 spiro atoms. The number of hydrogen-bond acceptors (Lipinski definition) is 4. The van der Waals surface area contributed by atoms with Gasteiger partial charge in [0.15, 0.2) is 5.76 Å². The van der Waals surface area contributed by atoms with Gasteiger partial charge >= 0.3 is 0 Å². The molecule has 1 aromatic heterocycles. The monoisotopic (exact) mass is 237 g/mol. The SMILES string of the molecule is CCCCCCO/N=C(\C([NH])=O)c1ccco1. The first-order valence-electron chi connectivity index (χ1n) is 5.75. The highest BCUT2D eigenvalue weighted by atomic mass is 16.6. The lowest BCUT2D eigenvalue weighted by Gasteiger charge is -2.00. The van der Waals surface area contributed by atoms with E-state index in [2.05, 4.69) is 12.1 Å². The lowest BCUT2D eigenvalue weighted by atomic mass is 10.2. The predicted molar refractivity (Wildman–Crippen MR) is 63.4 cm³/mol. The van der Waals surface area contributed by atoms with E-state index < -0.39 is 5.91 Å². The molecular formula is C12H17N2O3. The summed E-state index contributed by atoms with van der Waals surface area (Å²) in [6.07, 6.45) is 5.72. The lowest BCUT2D eigenvalue weighted by molar-refractivity contribution is -0.112. The van der Waals surface area contributed by atoms with E-state index in [1.165, 1.54) is 6.26 Å². The molecule has 0 atom stereocenters. The van der Waals surface area contributed by atoms with Gasteiger partial charge in [0.2, 0.25) is 5.71 Å². The molecule has 1 heterocycles. The zero-order valence-electron chi connectivity index (χ0n) is 9.94. The Morgan fingerprint density at radius 3 is 2.88 bits per heavy atom. The van der Waals surface area contributed by atoms with Crippen LogP contribution in [0.4, 0.5) is 0 Å². The van der Waals surface area contributed by atoms with Crippen LogP contribution in [0.2, 0.25) is 0 Å². The molecule has 0 aliphatic rings. The Labute approximate surface area is 101 Å². The molecule has 5 nitrogen and oxygen atoms in total. The van der Waals surface area contributed by atoms with E-state index >= 15 is 0 Å². The van der Waals surface area contributed by atoms with E-state index in [-0.39, 0.29) is 11.5 Å². The zero-order chi connectivity index (χ0) is 12.5. The topological polar surface area (TPSA) is 75.6 Å². The minimum Gasteiger partial charge on any atom is -0.462 e. The maximum atomic E-state index is 11.0. The largest absolute Gasteiger partial charge is 0.462 e. The number of nitrogens with zero attached hydrogens (tertiary/aromatic N) is 1. The summed E-state index contributed by atoms with van der Waals surface area (Å²) in [5, 5.41) is 3.65. The van der Waals surface area contributed by atoms with Gasteiger partial charge in [-0.05, 0) is 25.0 Å². The molecule has 5 heteroatoms. The Morgan fingerprint density at radius 1 is 1.47 bits per heavy atom. The molecule has 0 unspecified atom stereocenters. The van der Waals surface area contributed by atoms with Crippen molar-refractivity contribution in [1.82, 2.24) is 5.73 Å². The minimum atomic E-state index is -0.909. The van der Waals surface area contributed by atoms with Crippen LogP contribution < -0.4 is 5.73 Å². The normalized spacial score (nSPS) is 11.5. The van der Waals surface area contributed by atoms with Gasteiger partial charge in [-0.2, -0.15) is 0 Å². The van der Waals surface area contributed by atoms with Crippen molar-refractivity contribution in [3.05, 3.63) is 24.2 Å². The number of furan rings is 1. The maximum absolute atomic E-state index is 11.0. The summed E-state index contributed by atoms with van der Waals surface area (Å²) in [7, 11) is 0. The van der Waals surface area contributed by atoms with Crippen LogP contribution in [-0.4, -0.2) is 18.2 Å². The van der Waals surface area contributed by atoms with E-state index in [1.807, 2.05) is 0 Å². The van der Waals surface area contributed by atoms with Gasteiger partial charge in [0.1, 0.15) is 6.61 Å². The number of rotatable bonds is 8. The molecule has 93 valence electrons. The Hall–Kier alpha value is -1.78. The van der Waals surface area contributed by atoms with Gasteiger partial charge in [0, 0.05) is 0 Å². The van der Waals surface area contributed by atoms with Crippen LogP contribution in [-0.2, 0) is 9.63 Å². The second-order valence-corrected chi connectivity index (χ2v) is 3.64. The summed E-state index contributed by atoms with van der Waals surface area (Å²) in [6.45, 7) is 2.59. The fraction of sp³-hybridized carbons (Fsp3) is 0.500. The molecule has 0 fully saturated rings. The van der Waals surface area contributed by atoms with Crippen molar-refractivity contribution in [2.45, 2.75) is 32.6 Å². The van der Waals surface area contributed by atoms with Gasteiger partial charge in [0.25, 0.3) is 5.91 Å². The molecule has 0 aliphatic heterocycles. The average Bonchev–Trinajstić information content (AvgIpc) is 2.81. The molecule has 1 amide bonds. The van der Waals surface area contributed by atoms with Crippen molar-refractivity contribution in [2.24, 2.45) is 5.16 Å². The van der Waals surface area contributed by atoms with Crippen LogP contribution >= 0.6 is 0 Å². The van der Waals surface area contributed by atoms with E-state index in [4.69, 9.17) is 15.0 Å². The second-order valence-electron chi connectivity index (χ2n) is 3.64. The van der Waals surface area contributed by atoms with Crippen LogP contribution in [0.5, 0.6) is 0 Å². The van der Waals surface area contributed by atoms with Crippen LogP contribution in [0, 0.1) is 0 Å². The van der Waals surface area contributed by atoms with E-state index in [9.17, 15) is 4.79 Å². The maximum Gasteiger partial charge on any atom is 0.295 e. The Morgan fingerprint density at radius 2 is 2.29 bits per heavy atom. The highest BCUT2D eigenvalue weighted by Gasteiger charge is 2.14. The van der Waals surface area contributed by atoms with Gasteiger partial charge in [-0.1, -0.05) is 24.9 Å². The molecule has 0 saturated heterocycles. The summed E-state index contributed by atoms with van der Waals surface area (Å²) < 4.78 is 5.00. The van der Waals surface area contributed by atoms with Gasteiger partial charge in [-0.25, -0.2) is 0 Å². The highest BCUT2D eigenvalue weighted by molar-refractivity contribution is 6.43. The quantitative estimate of drug-likeness (QED) is 0.395. The number of carbonyl (C=O) groups is 1. The van der Waals surface area contributed by atoms with Crippen molar-refractivity contribution < 1.29 is 14.0 Å². The Bertz CT molecular complexity index is 358. The standard InChI is InChI=1S/C12H17N2O3/c1-2-3-4-5-9-17-14-11(12(13)15)10-7-6-8-16-10/h6-8,13H,2-5,9H2,1H3/b14-11-. The molecule has 0 bridgehead atoms. The predicted octanol–water partition coefficient (Wildman–Crippen LogP) is 2.39. The number of unbranched alkanes of at least 4 members (excludes halogenated alkanes) is 3. The third-order valence-electron chi connectivity index (χ3n) is 2.21. The summed E-state index contributed by atoms with van der Waals surface area (Å²) >= 11 is 0. The number of carbonyl (C=O) groups excluding carboxylic acids is 1. The van der Waals surface area contributed by atoms with Crippen LogP contribution in [0.15, 0.2) is 28.0 Å². The fourth-order valence-corrected chi connectivity index (χ4v) is 1.32. The Kier molecular flexibility index (Phi) is 5.85. The number of amides is 1. The van der Waals surface area contributed by atoms with E-state index in [0.29, 0.717) is 6.61 Å². The van der Waals surface area contributed by atoms with Crippen LogP contribution in [0.25, 0.3) is 0 Å². The molecular weight excluding hydrogens is 220 g/mol. The highest BCUT2D eigenvalue weighted by Crippen LogP contribution is 2.04. The summed E-state index contributed by atoms with van der Waals surface area (Å²) in [6, 6.07) is 3.21. The number of oxime groups is 1. The molecule has 0 saturated carbocycles. The lowest BCUT2D eigenvalue weighted by Crippen LogP contribution is -2.16.